The van der Waals surface area contributed by atoms with Crippen molar-refractivity contribution >= 4 is 17.0 Å². The Morgan fingerprint density at radius 2 is 1.89 bits per heavy atom. The second kappa shape index (κ2) is 14.1. The molecule has 204 valence electrons. The maximum Gasteiger partial charge on any atom is 0.320 e. The molecule has 10 nitrogen and oxygen atoms in total. The number of piperidine rings is 1. The number of rotatable bonds is 14. The summed E-state index contributed by atoms with van der Waals surface area (Å²) in [6.45, 7) is 11.8. The Morgan fingerprint density at radius 1 is 1.14 bits per heavy atom. The van der Waals surface area contributed by atoms with Gasteiger partial charge in [-0.1, -0.05) is 24.8 Å². The summed E-state index contributed by atoms with van der Waals surface area (Å²) in [4.78, 5) is 18.0. The van der Waals surface area contributed by atoms with Crippen LogP contribution in [0.2, 0.25) is 0 Å². The summed E-state index contributed by atoms with van der Waals surface area (Å²) in [7, 11) is 7.35. The zero-order chi connectivity index (χ0) is 26.8. The first-order chi connectivity index (χ1) is 17.8. The lowest BCUT2D eigenvalue weighted by Gasteiger charge is -2.32. The zero-order valence-electron chi connectivity index (χ0n) is 23.1. The molecule has 0 unspecified atom stereocenters. The Hall–Kier alpha value is -2.95. The highest BCUT2D eigenvalue weighted by atomic mass is 16.5. The van der Waals surface area contributed by atoms with Gasteiger partial charge in [-0.15, -0.1) is 0 Å². The van der Waals surface area contributed by atoms with Crippen molar-refractivity contribution in [3.05, 3.63) is 36.0 Å². The third-order valence-electron chi connectivity index (χ3n) is 6.56. The van der Waals surface area contributed by atoms with Gasteiger partial charge in [-0.3, -0.25) is 9.47 Å². The molecule has 0 atom stereocenters. The van der Waals surface area contributed by atoms with Crippen molar-refractivity contribution < 1.29 is 14.2 Å². The molecule has 3 rings (SSSR count). The molecule has 1 aliphatic rings. The largest absolute Gasteiger partial charge is 0.468 e. The summed E-state index contributed by atoms with van der Waals surface area (Å²) in [5, 5.41) is 0. The second-order valence-electron chi connectivity index (χ2n) is 9.76. The highest BCUT2D eigenvalue weighted by Gasteiger charge is 2.22. The van der Waals surface area contributed by atoms with Gasteiger partial charge in [-0.05, 0) is 70.4 Å². The molecule has 0 amide bonds. The van der Waals surface area contributed by atoms with E-state index in [4.69, 9.17) is 19.9 Å². The lowest BCUT2D eigenvalue weighted by atomic mass is 9.93. The lowest BCUT2D eigenvalue weighted by Crippen LogP contribution is -2.35. The Kier molecular flexibility index (Phi) is 10.9. The van der Waals surface area contributed by atoms with E-state index in [1.165, 1.54) is 5.57 Å². The van der Waals surface area contributed by atoms with Gasteiger partial charge in [-0.2, -0.15) is 15.0 Å². The molecule has 10 heteroatoms. The van der Waals surface area contributed by atoms with Crippen LogP contribution in [0.25, 0.3) is 11.2 Å². The molecule has 37 heavy (non-hydrogen) atoms. The minimum Gasteiger partial charge on any atom is -0.468 e. The average molecular weight is 514 g/mol. The van der Waals surface area contributed by atoms with E-state index in [-0.39, 0.29) is 11.8 Å². The summed E-state index contributed by atoms with van der Waals surface area (Å²) in [5.74, 6) is 0.904. The average Bonchev–Trinajstić information content (AvgIpc) is 3.24. The SMILES string of the molecule is C=C(/C=C\C(=C/C)CN1CCC(CCn2c(OC)nc3c(N)nc(OCCOC)nc32)CC1)CN(C)C. The first kappa shape index (κ1) is 28.6. The minimum absolute atomic E-state index is 0.221. The number of anilines is 1. The Morgan fingerprint density at radius 3 is 2.54 bits per heavy atom. The van der Waals surface area contributed by atoms with Crippen molar-refractivity contribution in [3.63, 3.8) is 0 Å². The molecule has 0 radical (unpaired) electrons. The van der Waals surface area contributed by atoms with Crippen molar-refractivity contribution in [2.75, 3.05) is 73.4 Å². The number of aromatic nitrogens is 4. The molecule has 1 saturated heterocycles. The number of hydrogen-bond acceptors (Lipinski definition) is 9. The number of hydrogen-bond donors (Lipinski definition) is 1. The van der Waals surface area contributed by atoms with Gasteiger partial charge in [-0.25, -0.2) is 0 Å². The number of methoxy groups -OCH3 is 2. The molecule has 0 saturated carbocycles. The molecule has 0 aliphatic carbocycles. The Balaban J connectivity index is 1.56. The quantitative estimate of drug-likeness (QED) is 0.301. The predicted molar refractivity (Wildman–Crippen MR) is 148 cm³/mol. The van der Waals surface area contributed by atoms with Crippen molar-refractivity contribution in [1.82, 2.24) is 29.3 Å². The van der Waals surface area contributed by atoms with Gasteiger partial charge in [0.05, 0.1) is 13.7 Å². The van der Waals surface area contributed by atoms with Crippen LogP contribution in [-0.2, 0) is 11.3 Å². The van der Waals surface area contributed by atoms with Crippen LogP contribution in [0, 0.1) is 5.92 Å². The number of imidazole rings is 1. The monoisotopic (exact) mass is 513 g/mol. The number of aryl methyl sites for hydroxylation is 1. The first-order valence-corrected chi connectivity index (χ1v) is 12.9. The van der Waals surface area contributed by atoms with E-state index >= 15 is 0 Å². The van der Waals surface area contributed by atoms with Gasteiger partial charge >= 0.3 is 6.01 Å². The van der Waals surface area contributed by atoms with Crippen LogP contribution in [0.4, 0.5) is 5.82 Å². The summed E-state index contributed by atoms with van der Waals surface area (Å²) in [5.41, 5.74) is 9.76. The fourth-order valence-corrected chi connectivity index (χ4v) is 4.55. The van der Waals surface area contributed by atoms with E-state index < -0.39 is 0 Å². The smallest absolute Gasteiger partial charge is 0.320 e. The molecule has 1 aliphatic heterocycles. The number of likely N-dealkylation sites (tertiary alicyclic amines) is 1. The number of nitrogens with zero attached hydrogens (tertiary/aromatic N) is 6. The van der Waals surface area contributed by atoms with E-state index in [1.807, 2.05) is 4.57 Å². The molecule has 1 fully saturated rings. The summed E-state index contributed by atoms with van der Waals surface area (Å²) >= 11 is 0. The standard InChI is InChI=1S/C27H43N7O3/c1-7-21(9-8-20(2)18-32(3)4)19-33-13-10-22(11-14-33)12-15-34-25-23(29-27(34)36-6)24(28)30-26(31-25)37-17-16-35-5/h7-9,22H,2,10-19H2,1,3-6H3,(H2,28,30,31)/b9-8-,21-7+. The van der Waals surface area contributed by atoms with Gasteiger partial charge in [0.1, 0.15) is 6.61 Å². The number of fused-ring (bicyclic) bond motifs is 1. The summed E-state index contributed by atoms with van der Waals surface area (Å²) in [6, 6.07) is 0.709. The fourth-order valence-electron chi connectivity index (χ4n) is 4.55. The van der Waals surface area contributed by atoms with Crippen LogP contribution >= 0.6 is 0 Å². The maximum atomic E-state index is 6.15. The van der Waals surface area contributed by atoms with E-state index in [1.54, 1.807) is 14.2 Å². The van der Waals surface area contributed by atoms with E-state index in [2.05, 4.69) is 70.6 Å². The highest BCUT2D eigenvalue weighted by Crippen LogP contribution is 2.28. The molecule has 0 spiro atoms. The van der Waals surface area contributed by atoms with E-state index in [0.29, 0.717) is 36.3 Å². The fraction of sp³-hybridized carbons (Fsp3) is 0.593. The van der Waals surface area contributed by atoms with Crippen LogP contribution in [0.5, 0.6) is 12.0 Å². The Bertz CT molecular complexity index is 1090. The molecule has 0 aromatic carbocycles. The van der Waals surface area contributed by atoms with E-state index in [9.17, 15) is 0 Å². The van der Waals surface area contributed by atoms with Gasteiger partial charge < -0.3 is 24.8 Å². The third-order valence-corrected chi connectivity index (χ3v) is 6.56. The number of nitrogens with two attached hydrogens (primary N) is 1. The molecule has 2 aromatic rings. The number of ether oxygens (including phenoxy) is 3. The predicted octanol–water partition coefficient (Wildman–Crippen LogP) is 3.16. The molecule has 2 aromatic heterocycles. The van der Waals surface area contributed by atoms with Crippen LogP contribution in [-0.4, -0.2) is 97.0 Å². The topological polar surface area (TPSA) is 104 Å². The Labute approximate surface area is 220 Å². The first-order valence-electron chi connectivity index (χ1n) is 12.9. The second-order valence-corrected chi connectivity index (χ2v) is 9.76. The lowest BCUT2D eigenvalue weighted by molar-refractivity contribution is 0.141. The zero-order valence-corrected chi connectivity index (χ0v) is 23.1. The van der Waals surface area contributed by atoms with E-state index in [0.717, 1.165) is 57.6 Å². The molecule has 3 heterocycles. The van der Waals surface area contributed by atoms with Gasteiger partial charge in [0.15, 0.2) is 17.0 Å². The van der Waals surface area contributed by atoms with Crippen LogP contribution < -0.4 is 15.2 Å². The molecular weight excluding hydrogens is 470 g/mol. The van der Waals surface area contributed by atoms with Crippen LogP contribution in [0.1, 0.15) is 26.2 Å². The van der Waals surface area contributed by atoms with Gasteiger partial charge in [0, 0.05) is 26.7 Å². The third kappa shape index (κ3) is 8.28. The number of nitrogen functional groups attached to an aromatic ring is 1. The van der Waals surface area contributed by atoms with Crippen molar-refractivity contribution in [3.8, 4) is 12.0 Å². The molecular formula is C27H43N7O3. The molecule has 0 bridgehead atoms. The van der Waals surface area contributed by atoms with Crippen molar-refractivity contribution in [1.29, 1.82) is 0 Å². The van der Waals surface area contributed by atoms with Gasteiger partial charge in [0.25, 0.3) is 6.01 Å². The number of likely N-dealkylation sites (N-methyl/N-ethyl adjacent to an activating group) is 1. The maximum absolute atomic E-state index is 6.15. The van der Waals surface area contributed by atoms with Crippen LogP contribution in [0.3, 0.4) is 0 Å². The number of allylic oxidation sites excluding steroid dienone is 1. The van der Waals surface area contributed by atoms with Crippen molar-refractivity contribution in [2.24, 2.45) is 5.92 Å². The van der Waals surface area contributed by atoms with Crippen molar-refractivity contribution in [2.45, 2.75) is 32.7 Å². The summed E-state index contributed by atoms with van der Waals surface area (Å²) < 4.78 is 18.1. The summed E-state index contributed by atoms with van der Waals surface area (Å²) in [6.07, 6.45) is 9.87. The van der Waals surface area contributed by atoms with Crippen LogP contribution in [0.15, 0.2) is 36.0 Å². The van der Waals surface area contributed by atoms with Gasteiger partial charge in [0.2, 0.25) is 0 Å². The normalized spacial score (nSPS) is 15.8. The molecule has 2 N–H and O–H groups in total. The highest BCUT2D eigenvalue weighted by molar-refractivity contribution is 5.83. The minimum atomic E-state index is 0.221.